The van der Waals surface area contributed by atoms with E-state index in [4.69, 9.17) is 9.47 Å². The first kappa shape index (κ1) is 21.6. The van der Waals surface area contributed by atoms with Crippen molar-refractivity contribution in [3.63, 3.8) is 0 Å². The molecule has 0 amide bonds. The van der Waals surface area contributed by atoms with Crippen molar-refractivity contribution >= 4 is 10.9 Å². The summed E-state index contributed by atoms with van der Waals surface area (Å²) in [5.74, 6) is 0.715. The van der Waals surface area contributed by atoms with Crippen molar-refractivity contribution in [2.75, 3.05) is 6.61 Å². The number of phenolic OH excluding ortho intramolecular Hbond substituents is 1. The number of pyridine rings is 1. The van der Waals surface area contributed by atoms with E-state index in [1.165, 1.54) is 15.7 Å². The molecule has 0 spiro atoms. The normalized spacial score (nSPS) is 11.8. The summed E-state index contributed by atoms with van der Waals surface area (Å²) in [6, 6.07) is 4.89. The second kappa shape index (κ2) is 9.49. The number of allylic oxidation sites excluding steroid dienone is 3. The molecule has 0 saturated carbocycles. The predicted octanol–water partition coefficient (Wildman–Crippen LogP) is 5.10. The van der Waals surface area contributed by atoms with Crippen LogP contribution in [0, 0.1) is 0 Å². The molecular weight excluding hydrogens is 354 g/mol. The van der Waals surface area contributed by atoms with Crippen molar-refractivity contribution in [2.24, 2.45) is 7.05 Å². The molecule has 0 bridgehead atoms. The second-order valence-corrected chi connectivity index (χ2v) is 7.57. The van der Waals surface area contributed by atoms with E-state index in [0.29, 0.717) is 17.9 Å². The number of phenols is 1. The molecule has 0 aliphatic heterocycles. The van der Waals surface area contributed by atoms with Gasteiger partial charge in [0.25, 0.3) is 5.56 Å². The Bertz CT molecular complexity index is 947. The Kier molecular flexibility index (Phi) is 7.32. The number of nitrogens with zero attached hydrogens (tertiary/aromatic N) is 1. The zero-order valence-corrected chi connectivity index (χ0v) is 17.7. The number of ether oxygens (including phenoxy) is 2. The fourth-order valence-corrected chi connectivity index (χ4v) is 2.91. The summed E-state index contributed by atoms with van der Waals surface area (Å²) in [4.78, 5) is 12.8. The highest BCUT2D eigenvalue weighted by atomic mass is 16.5. The summed E-state index contributed by atoms with van der Waals surface area (Å²) >= 11 is 0. The fraction of sp³-hybridized carbons (Fsp3) is 0.435. The van der Waals surface area contributed by atoms with Crippen LogP contribution in [0.4, 0.5) is 0 Å². The minimum Gasteiger partial charge on any atom is -0.508 e. The third-order valence-electron chi connectivity index (χ3n) is 4.40. The average molecular weight is 386 g/mol. The van der Waals surface area contributed by atoms with Crippen LogP contribution in [0.3, 0.4) is 0 Å². The molecule has 1 aromatic heterocycles. The molecule has 1 heterocycles. The lowest BCUT2D eigenvalue weighted by molar-refractivity contribution is 0.222. The monoisotopic (exact) mass is 385 g/mol. The Hall–Kier alpha value is -2.69. The third-order valence-corrected chi connectivity index (χ3v) is 4.40. The van der Waals surface area contributed by atoms with Gasteiger partial charge in [-0.3, -0.25) is 4.79 Å². The smallest absolute Gasteiger partial charge is 0.297 e. The molecule has 0 radical (unpaired) electrons. The van der Waals surface area contributed by atoms with Gasteiger partial charge in [0.2, 0.25) is 5.75 Å². The average Bonchev–Trinajstić information content (AvgIpc) is 2.61. The summed E-state index contributed by atoms with van der Waals surface area (Å²) in [6.07, 6.45) is 6.05. The molecule has 152 valence electrons. The van der Waals surface area contributed by atoms with Gasteiger partial charge in [0.15, 0.2) is 5.75 Å². The Balaban J connectivity index is 2.37. The lowest BCUT2D eigenvalue weighted by Crippen LogP contribution is -2.23. The Morgan fingerprint density at radius 3 is 2.54 bits per heavy atom. The van der Waals surface area contributed by atoms with Gasteiger partial charge in [0, 0.05) is 18.5 Å². The van der Waals surface area contributed by atoms with E-state index in [9.17, 15) is 9.90 Å². The van der Waals surface area contributed by atoms with Crippen LogP contribution in [-0.4, -0.2) is 22.4 Å². The van der Waals surface area contributed by atoms with Gasteiger partial charge >= 0.3 is 0 Å². The molecule has 0 unspecified atom stereocenters. The summed E-state index contributed by atoms with van der Waals surface area (Å²) in [5.41, 5.74) is 2.86. The SMILES string of the molecule is CC(C)=CCC/C(C)=C/COc1c(OC(C)C)c(=O)n(C)c2cc(O)ccc12. The maximum Gasteiger partial charge on any atom is 0.297 e. The number of benzene rings is 1. The van der Waals surface area contributed by atoms with Crippen LogP contribution in [-0.2, 0) is 7.05 Å². The van der Waals surface area contributed by atoms with Crippen molar-refractivity contribution in [2.45, 2.75) is 53.6 Å². The van der Waals surface area contributed by atoms with Crippen molar-refractivity contribution in [3.05, 3.63) is 51.9 Å². The maximum atomic E-state index is 12.8. The molecule has 5 heteroatoms. The molecule has 2 rings (SSSR count). The molecule has 0 fully saturated rings. The quantitative estimate of drug-likeness (QED) is 0.642. The molecular formula is C23H31NO4. The summed E-state index contributed by atoms with van der Waals surface area (Å²) in [6.45, 7) is 10.4. The standard InChI is InChI=1S/C23H31NO4/c1-15(2)8-7-9-17(5)12-13-27-21-19-11-10-18(25)14-20(19)24(6)23(26)22(21)28-16(3)4/h8,10-12,14,16,25H,7,9,13H2,1-6H3/b17-12+. The molecule has 0 saturated heterocycles. The Morgan fingerprint density at radius 1 is 1.18 bits per heavy atom. The van der Waals surface area contributed by atoms with Crippen LogP contribution >= 0.6 is 0 Å². The first-order chi connectivity index (χ1) is 13.2. The zero-order chi connectivity index (χ0) is 20.8. The molecule has 28 heavy (non-hydrogen) atoms. The number of rotatable bonds is 8. The Labute approximate surface area is 166 Å². The second-order valence-electron chi connectivity index (χ2n) is 7.57. The molecule has 1 N–H and O–H groups in total. The van der Waals surface area contributed by atoms with Crippen LogP contribution in [0.15, 0.2) is 46.3 Å². The van der Waals surface area contributed by atoms with Gasteiger partial charge in [0.1, 0.15) is 12.4 Å². The van der Waals surface area contributed by atoms with Gasteiger partial charge in [-0.15, -0.1) is 0 Å². The van der Waals surface area contributed by atoms with Gasteiger partial charge < -0.3 is 19.1 Å². The zero-order valence-electron chi connectivity index (χ0n) is 17.7. The highest BCUT2D eigenvalue weighted by Crippen LogP contribution is 2.34. The van der Waals surface area contributed by atoms with Crippen LogP contribution in [0.5, 0.6) is 17.2 Å². The van der Waals surface area contributed by atoms with Crippen molar-refractivity contribution in [1.29, 1.82) is 0 Å². The molecule has 5 nitrogen and oxygen atoms in total. The summed E-state index contributed by atoms with van der Waals surface area (Å²) in [7, 11) is 1.66. The number of aromatic hydroxyl groups is 1. The van der Waals surface area contributed by atoms with Crippen LogP contribution in [0.1, 0.15) is 47.5 Å². The molecule has 1 aromatic carbocycles. The molecule has 0 aliphatic carbocycles. The predicted molar refractivity (Wildman–Crippen MR) is 115 cm³/mol. The number of aryl methyl sites for hydroxylation is 1. The minimum atomic E-state index is -0.286. The van der Waals surface area contributed by atoms with Gasteiger partial charge in [-0.2, -0.15) is 0 Å². The molecule has 2 aromatic rings. The van der Waals surface area contributed by atoms with E-state index in [1.807, 2.05) is 19.9 Å². The number of fused-ring (bicyclic) bond motifs is 1. The van der Waals surface area contributed by atoms with E-state index in [1.54, 1.807) is 25.2 Å². The van der Waals surface area contributed by atoms with Crippen LogP contribution < -0.4 is 15.0 Å². The van der Waals surface area contributed by atoms with Gasteiger partial charge in [-0.05, 0) is 65.7 Å². The van der Waals surface area contributed by atoms with E-state index >= 15 is 0 Å². The number of hydrogen-bond donors (Lipinski definition) is 1. The summed E-state index contributed by atoms with van der Waals surface area (Å²) < 4.78 is 13.3. The highest BCUT2D eigenvalue weighted by molar-refractivity contribution is 5.88. The van der Waals surface area contributed by atoms with Crippen molar-refractivity contribution in [1.82, 2.24) is 4.57 Å². The van der Waals surface area contributed by atoms with E-state index in [0.717, 1.165) is 18.2 Å². The highest BCUT2D eigenvalue weighted by Gasteiger charge is 2.19. The first-order valence-electron chi connectivity index (χ1n) is 9.64. The molecule has 0 aliphatic rings. The van der Waals surface area contributed by atoms with Gasteiger partial charge in [0.05, 0.1) is 11.6 Å². The van der Waals surface area contributed by atoms with Gasteiger partial charge in [-0.1, -0.05) is 17.2 Å². The number of aromatic nitrogens is 1. The maximum absolute atomic E-state index is 12.8. The summed E-state index contributed by atoms with van der Waals surface area (Å²) in [5, 5.41) is 10.5. The van der Waals surface area contributed by atoms with Crippen molar-refractivity contribution < 1.29 is 14.6 Å². The fourth-order valence-electron chi connectivity index (χ4n) is 2.91. The van der Waals surface area contributed by atoms with Crippen LogP contribution in [0.2, 0.25) is 0 Å². The minimum absolute atomic E-state index is 0.0981. The lowest BCUT2D eigenvalue weighted by Gasteiger charge is -2.18. The van der Waals surface area contributed by atoms with E-state index < -0.39 is 0 Å². The Morgan fingerprint density at radius 2 is 1.89 bits per heavy atom. The largest absolute Gasteiger partial charge is 0.508 e. The molecule has 0 atom stereocenters. The van der Waals surface area contributed by atoms with Crippen molar-refractivity contribution in [3.8, 4) is 17.2 Å². The number of hydrogen-bond acceptors (Lipinski definition) is 4. The van der Waals surface area contributed by atoms with Crippen LogP contribution in [0.25, 0.3) is 10.9 Å². The van der Waals surface area contributed by atoms with E-state index in [-0.39, 0.29) is 23.2 Å². The lowest BCUT2D eigenvalue weighted by atomic mass is 10.1. The first-order valence-corrected chi connectivity index (χ1v) is 9.64. The van der Waals surface area contributed by atoms with E-state index in [2.05, 4.69) is 26.8 Å². The third kappa shape index (κ3) is 5.41. The topological polar surface area (TPSA) is 60.7 Å². The van der Waals surface area contributed by atoms with Gasteiger partial charge in [-0.25, -0.2) is 0 Å².